The second kappa shape index (κ2) is 3.55. The Labute approximate surface area is 63.0 Å². The third-order valence-corrected chi connectivity index (χ3v) is 1.64. The van der Waals surface area contributed by atoms with E-state index in [-0.39, 0.29) is 0 Å². The first kappa shape index (κ1) is 10.9. The van der Waals surface area contributed by atoms with Gasteiger partial charge in [0.25, 0.3) is 0 Å². The zero-order valence-corrected chi connectivity index (χ0v) is 5.91. The lowest BCUT2D eigenvalue weighted by molar-refractivity contribution is -0.237. The summed E-state index contributed by atoms with van der Waals surface area (Å²) in [5.74, 6) is -0.855. The highest BCUT2D eigenvalue weighted by Crippen LogP contribution is 2.43. The van der Waals surface area contributed by atoms with E-state index < -0.39 is 35.6 Å². The van der Waals surface area contributed by atoms with Gasteiger partial charge in [0, 0.05) is 5.75 Å². The van der Waals surface area contributed by atoms with Gasteiger partial charge in [-0.05, 0) is 0 Å². The van der Waals surface area contributed by atoms with Gasteiger partial charge in [0.1, 0.15) is 0 Å². The van der Waals surface area contributed by atoms with Gasteiger partial charge in [0.05, 0.1) is 6.67 Å². The van der Waals surface area contributed by atoms with Gasteiger partial charge >= 0.3 is 11.4 Å². The van der Waals surface area contributed by atoms with Crippen LogP contribution in [0, 0.1) is 0 Å². The topological polar surface area (TPSA) is 0 Å². The third-order valence-electron chi connectivity index (χ3n) is 0.691. The van der Waals surface area contributed by atoms with E-state index in [1.807, 2.05) is 0 Å². The van der Waals surface area contributed by atoms with Gasteiger partial charge in [0.15, 0.2) is 0 Å². The van der Waals surface area contributed by atoms with Crippen LogP contribution in [0.15, 0.2) is 0 Å². The Morgan fingerprint density at radius 2 is 1.45 bits per heavy atom. The summed E-state index contributed by atoms with van der Waals surface area (Å²) >= 11 is -0.748. The van der Waals surface area contributed by atoms with Crippen molar-refractivity contribution >= 4 is 11.8 Å². The van der Waals surface area contributed by atoms with Gasteiger partial charge in [-0.1, -0.05) is 11.8 Å². The largest absolute Gasteiger partial charge is 0.464 e. The molecule has 0 fully saturated rings. The maximum absolute atomic E-state index is 11.8. The summed E-state index contributed by atoms with van der Waals surface area (Å²) in [6, 6.07) is 0. The van der Waals surface area contributed by atoms with Crippen molar-refractivity contribution in [2.75, 3.05) is 12.4 Å². The Balaban J connectivity index is 4.00. The van der Waals surface area contributed by atoms with Crippen LogP contribution in [-0.2, 0) is 0 Å². The molecule has 0 aliphatic heterocycles. The first-order valence-electron chi connectivity index (χ1n) is 2.45. The number of halogens is 6. The van der Waals surface area contributed by atoms with Gasteiger partial charge in [-0.25, -0.2) is 0 Å². The Hall–Kier alpha value is -0.0700. The average molecular weight is 198 g/mol. The predicted octanol–water partition coefficient (Wildman–Crippen LogP) is 2.84. The third kappa shape index (κ3) is 3.22. The van der Waals surface area contributed by atoms with Crippen molar-refractivity contribution in [3.8, 4) is 0 Å². The van der Waals surface area contributed by atoms with Gasteiger partial charge in [-0.2, -0.15) is 22.0 Å². The van der Waals surface area contributed by atoms with E-state index >= 15 is 0 Å². The zero-order chi connectivity index (χ0) is 9.12. The van der Waals surface area contributed by atoms with Crippen molar-refractivity contribution < 1.29 is 26.3 Å². The maximum Gasteiger partial charge on any atom is 0.464 e. The second-order valence-corrected chi connectivity index (χ2v) is 2.76. The highest BCUT2D eigenvalue weighted by Gasteiger charge is 2.57. The molecule has 0 atom stereocenters. The highest BCUT2D eigenvalue weighted by atomic mass is 32.2. The normalized spacial score (nSPS) is 13.6. The molecule has 68 valence electrons. The predicted molar refractivity (Wildman–Crippen MR) is 29.4 cm³/mol. The van der Waals surface area contributed by atoms with Crippen LogP contribution in [-0.4, -0.2) is 23.9 Å². The van der Waals surface area contributed by atoms with Gasteiger partial charge < -0.3 is 0 Å². The average Bonchev–Trinajstić information content (AvgIpc) is 1.81. The van der Waals surface area contributed by atoms with Crippen molar-refractivity contribution in [1.82, 2.24) is 0 Å². The number of rotatable bonds is 3. The lowest BCUT2D eigenvalue weighted by Gasteiger charge is -2.17. The molecule has 0 aliphatic rings. The van der Waals surface area contributed by atoms with Crippen molar-refractivity contribution in [1.29, 1.82) is 0 Å². The number of hydrogen-bond acceptors (Lipinski definition) is 1. The molecule has 0 saturated carbocycles. The van der Waals surface area contributed by atoms with Crippen LogP contribution < -0.4 is 0 Å². The van der Waals surface area contributed by atoms with Crippen molar-refractivity contribution in [3.63, 3.8) is 0 Å². The standard InChI is InChI=1S/C4H4F6S/c5-1-2-11-4(9,10)3(6,7)8/h1-2H2. The minimum absolute atomic E-state index is 0.748. The fourth-order valence-electron chi connectivity index (χ4n) is 0.249. The van der Waals surface area contributed by atoms with Crippen molar-refractivity contribution in [2.45, 2.75) is 11.4 Å². The summed E-state index contributed by atoms with van der Waals surface area (Å²) in [5.41, 5.74) is 0. The van der Waals surface area contributed by atoms with Gasteiger partial charge in [-0.3, -0.25) is 4.39 Å². The molecule has 0 saturated heterocycles. The molecule has 0 radical (unpaired) electrons. The Morgan fingerprint density at radius 1 is 1.00 bits per heavy atom. The van der Waals surface area contributed by atoms with Gasteiger partial charge in [-0.15, -0.1) is 0 Å². The first-order chi connectivity index (χ1) is 4.81. The van der Waals surface area contributed by atoms with Crippen LogP contribution in [0.25, 0.3) is 0 Å². The molecule has 0 aromatic heterocycles. The van der Waals surface area contributed by atoms with Crippen LogP contribution in [0.4, 0.5) is 26.3 Å². The fourth-order valence-corrected chi connectivity index (χ4v) is 0.746. The molecule has 0 unspecified atom stereocenters. The van der Waals surface area contributed by atoms with E-state index in [1.54, 1.807) is 0 Å². The molecule has 0 rings (SSSR count). The lowest BCUT2D eigenvalue weighted by Crippen LogP contribution is -2.33. The van der Waals surface area contributed by atoms with Crippen molar-refractivity contribution in [2.24, 2.45) is 0 Å². The molecule has 0 bridgehead atoms. The number of hydrogen-bond donors (Lipinski definition) is 0. The summed E-state index contributed by atoms with van der Waals surface area (Å²) in [7, 11) is 0. The van der Waals surface area contributed by atoms with E-state index in [0.717, 1.165) is 0 Å². The summed E-state index contributed by atoms with van der Waals surface area (Å²) in [4.78, 5) is 0. The monoisotopic (exact) mass is 198 g/mol. The highest BCUT2D eigenvalue weighted by molar-refractivity contribution is 8.00. The molecule has 0 aliphatic carbocycles. The summed E-state index contributed by atoms with van der Waals surface area (Å²) in [6.45, 7) is -1.20. The van der Waals surface area contributed by atoms with E-state index in [2.05, 4.69) is 0 Å². The molecule has 0 aromatic carbocycles. The molecule has 0 N–H and O–H groups in total. The van der Waals surface area contributed by atoms with Crippen molar-refractivity contribution in [3.05, 3.63) is 0 Å². The molecular formula is C4H4F6S. The summed E-state index contributed by atoms with van der Waals surface area (Å²) in [6.07, 6.45) is -5.59. The zero-order valence-electron chi connectivity index (χ0n) is 5.09. The number of alkyl halides is 6. The second-order valence-electron chi connectivity index (χ2n) is 1.55. The molecule has 0 heterocycles. The summed E-state index contributed by atoms with van der Waals surface area (Å²) in [5, 5.41) is -4.83. The maximum atomic E-state index is 11.8. The first-order valence-corrected chi connectivity index (χ1v) is 3.44. The molecular weight excluding hydrogens is 194 g/mol. The Kier molecular flexibility index (Phi) is 3.53. The SMILES string of the molecule is FCCSC(F)(F)C(F)(F)F. The van der Waals surface area contributed by atoms with Crippen LogP contribution in [0.5, 0.6) is 0 Å². The smallest absolute Gasteiger partial charge is 0.250 e. The van der Waals surface area contributed by atoms with E-state index in [9.17, 15) is 26.3 Å². The summed E-state index contributed by atoms with van der Waals surface area (Å²) < 4.78 is 68.6. The molecule has 0 amide bonds. The van der Waals surface area contributed by atoms with E-state index in [1.165, 1.54) is 0 Å². The minimum Gasteiger partial charge on any atom is -0.250 e. The van der Waals surface area contributed by atoms with Gasteiger partial charge in [0.2, 0.25) is 0 Å². The Morgan fingerprint density at radius 3 is 1.73 bits per heavy atom. The van der Waals surface area contributed by atoms with Crippen LogP contribution in [0.2, 0.25) is 0 Å². The van der Waals surface area contributed by atoms with Crippen LogP contribution in [0.3, 0.4) is 0 Å². The Bertz CT molecular complexity index is 118. The molecule has 7 heteroatoms. The molecule has 0 nitrogen and oxygen atoms in total. The van der Waals surface area contributed by atoms with Crippen LogP contribution in [0.1, 0.15) is 0 Å². The van der Waals surface area contributed by atoms with Crippen LogP contribution >= 0.6 is 11.8 Å². The fraction of sp³-hybridized carbons (Fsp3) is 1.00. The minimum atomic E-state index is -5.59. The number of thioether (sulfide) groups is 1. The van der Waals surface area contributed by atoms with E-state index in [0.29, 0.717) is 0 Å². The molecule has 0 aromatic rings. The quantitative estimate of drug-likeness (QED) is 0.628. The lowest BCUT2D eigenvalue weighted by atomic mass is 10.7. The molecule has 11 heavy (non-hydrogen) atoms. The molecule has 0 spiro atoms. The van der Waals surface area contributed by atoms with E-state index in [4.69, 9.17) is 0 Å².